The van der Waals surface area contributed by atoms with Crippen LogP contribution in [0.15, 0.2) is 10.3 Å². The van der Waals surface area contributed by atoms with Crippen molar-refractivity contribution in [2.24, 2.45) is 0 Å². The molecule has 1 aliphatic rings. The standard InChI is InChI=1S/C12H20N2O3S2/c1-4-17-11-9-12(18-10(11)2)19(15,16)14-7-5-13(3)6-8-14/h9H,4-8H2,1-3H3. The first kappa shape index (κ1) is 14.8. The third kappa shape index (κ3) is 3.10. The number of hydrogen-bond donors (Lipinski definition) is 0. The van der Waals surface area contributed by atoms with E-state index in [4.69, 9.17) is 4.74 Å². The Morgan fingerprint density at radius 3 is 2.53 bits per heavy atom. The van der Waals surface area contributed by atoms with Gasteiger partial charge in [-0.1, -0.05) is 0 Å². The van der Waals surface area contributed by atoms with Gasteiger partial charge >= 0.3 is 0 Å². The quantitative estimate of drug-likeness (QED) is 0.843. The van der Waals surface area contributed by atoms with E-state index in [-0.39, 0.29) is 0 Å². The first-order valence-corrected chi connectivity index (χ1v) is 8.62. The van der Waals surface area contributed by atoms with Crippen LogP contribution in [0, 0.1) is 6.92 Å². The molecule has 1 aliphatic heterocycles. The van der Waals surface area contributed by atoms with Gasteiger partial charge in [-0.25, -0.2) is 8.42 Å². The maximum absolute atomic E-state index is 12.5. The monoisotopic (exact) mass is 304 g/mol. The van der Waals surface area contributed by atoms with Crippen LogP contribution in [-0.4, -0.2) is 57.5 Å². The molecule has 2 heterocycles. The van der Waals surface area contributed by atoms with Gasteiger partial charge in [0.2, 0.25) is 0 Å². The highest BCUT2D eigenvalue weighted by Gasteiger charge is 2.29. The fraction of sp³-hybridized carbons (Fsp3) is 0.667. The lowest BCUT2D eigenvalue weighted by atomic mass is 10.4. The summed E-state index contributed by atoms with van der Waals surface area (Å²) in [6.07, 6.45) is 0. The van der Waals surface area contributed by atoms with E-state index in [1.54, 1.807) is 10.4 Å². The van der Waals surface area contributed by atoms with Crippen LogP contribution in [0.4, 0.5) is 0 Å². The number of thiophene rings is 1. The van der Waals surface area contributed by atoms with Crippen LogP contribution in [0.2, 0.25) is 0 Å². The van der Waals surface area contributed by atoms with Crippen molar-refractivity contribution in [1.29, 1.82) is 0 Å². The molecule has 7 heteroatoms. The normalized spacial score (nSPS) is 18.7. The summed E-state index contributed by atoms with van der Waals surface area (Å²) in [4.78, 5) is 3.05. The first-order chi connectivity index (χ1) is 8.95. The van der Waals surface area contributed by atoms with Gasteiger partial charge in [-0.15, -0.1) is 11.3 Å². The predicted octanol–water partition coefficient (Wildman–Crippen LogP) is 1.39. The number of sulfonamides is 1. The summed E-state index contributed by atoms with van der Waals surface area (Å²) in [5.41, 5.74) is 0. The maximum Gasteiger partial charge on any atom is 0.252 e. The molecule has 0 spiro atoms. The number of rotatable bonds is 4. The SMILES string of the molecule is CCOc1cc(S(=O)(=O)N2CCN(C)CC2)sc1C. The van der Waals surface area contributed by atoms with Crippen molar-refractivity contribution in [3.8, 4) is 5.75 Å². The van der Waals surface area contributed by atoms with E-state index in [1.807, 2.05) is 20.9 Å². The summed E-state index contributed by atoms with van der Waals surface area (Å²) in [5, 5.41) is 0. The number of likely N-dealkylation sites (N-methyl/N-ethyl adjacent to an activating group) is 1. The summed E-state index contributed by atoms with van der Waals surface area (Å²) in [6.45, 7) is 7.00. The minimum absolute atomic E-state index is 0.387. The smallest absolute Gasteiger partial charge is 0.252 e. The minimum Gasteiger partial charge on any atom is -0.493 e. The highest BCUT2D eigenvalue weighted by molar-refractivity contribution is 7.91. The number of piperazine rings is 1. The number of hydrogen-bond acceptors (Lipinski definition) is 5. The van der Waals surface area contributed by atoms with E-state index < -0.39 is 10.0 Å². The van der Waals surface area contributed by atoms with Gasteiger partial charge in [0.05, 0.1) is 6.61 Å². The summed E-state index contributed by atoms with van der Waals surface area (Å²) in [7, 11) is -1.35. The Hall–Kier alpha value is -0.630. The molecule has 0 amide bonds. The van der Waals surface area contributed by atoms with Crippen molar-refractivity contribution in [3.63, 3.8) is 0 Å². The molecule has 0 atom stereocenters. The van der Waals surface area contributed by atoms with Gasteiger partial charge in [0, 0.05) is 37.1 Å². The molecule has 1 saturated heterocycles. The van der Waals surface area contributed by atoms with Crippen molar-refractivity contribution >= 4 is 21.4 Å². The Morgan fingerprint density at radius 2 is 1.95 bits per heavy atom. The van der Waals surface area contributed by atoms with E-state index in [9.17, 15) is 8.42 Å². The molecule has 1 fully saturated rings. The molecule has 108 valence electrons. The van der Waals surface area contributed by atoms with Gasteiger partial charge in [0.15, 0.2) is 0 Å². The van der Waals surface area contributed by atoms with E-state index in [2.05, 4.69) is 4.90 Å². The van der Waals surface area contributed by atoms with Gasteiger partial charge in [0.25, 0.3) is 10.0 Å². The zero-order valence-electron chi connectivity index (χ0n) is 11.5. The Bertz CT molecular complexity index is 531. The molecule has 0 saturated carbocycles. The van der Waals surface area contributed by atoms with Gasteiger partial charge in [-0.3, -0.25) is 0 Å². The molecule has 0 aliphatic carbocycles. The van der Waals surface area contributed by atoms with E-state index in [0.29, 0.717) is 29.7 Å². The molecule has 0 radical (unpaired) electrons. The van der Waals surface area contributed by atoms with Crippen molar-refractivity contribution in [1.82, 2.24) is 9.21 Å². The van der Waals surface area contributed by atoms with Gasteiger partial charge < -0.3 is 9.64 Å². The van der Waals surface area contributed by atoms with Gasteiger partial charge in [-0.2, -0.15) is 4.31 Å². The molecule has 0 bridgehead atoms. The second-order valence-corrected chi connectivity index (χ2v) is 8.05. The summed E-state index contributed by atoms with van der Waals surface area (Å²) in [6, 6.07) is 1.65. The van der Waals surface area contributed by atoms with Crippen LogP contribution in [0.5, 0.6) is 5.75 Å². The second kappa shape index (κ2) is 5.78. The topological polar surface area (TPSA) is 49.9 Å². The van der Waals surface area contributed by atoms with E-state index >= 15 is 0 Å². The highest BCUT2D eigenvalue weighted by atomic mass is 32.2. The highest BCUT2D eigenvalue weighted by Crippen LogP contribution is 2.33. The lowest BCUT2D eigenvalue weighted by Gasteiger charge is -2.31. The molecule has 1 aromatic rings. The predicted molar refractivity (Wildman–Crippen MR) is 76.5 cm³/mol. The van der Waals surface area contributed by atoms with Crippen LogP contribution >= 0.6 is 11.3 Å². The lowest BCUT2D eigenvalue weighted by molar-refractivity contribution is 0.222. The Balaban J connectivity index is 2.22. The Kier molecular flexibility index (Phi) is 4.50. The molecule has 0 N–H and O–H groups in total. The average Bonchev–Trinajstić information content (AvgIpc) is 2.73. The third-order valence-electron chi connectivity index (χ3n) is 3.21. The molecule has 5 nitrogen and oxygen atoms in total. The number of nitrogens with zero attached hydrogens (tertiary/aromatic N) is 2. The van der Waals surface area contributed by atoms with Crippen LogP contribution < -0.4 is 4.74 Å². The van der Waals surface area contributed by atoms with Crippen molar-refractivity contribution < 1.29 is 13.2 Å². The number of aryl methyl sites for hydroxylation is 1. The zero-order chi connectivity index (χ0) is 14.0. The van der Waals surface area contributed by atoms with Crippen LogP contribution in [0.25, 0.3) is 0 Å². The second-order valence-electron chi connectivity index (χ2n) is 4.63. The molecule has 2 rings (SSSR count). The zero-order valence-corrected chi connectivity index (χ0v) is 13.2. The van der Waals surface area contributed by atoms with Crippen LogP contribution in [0.3, 0.4) is 0 Å². The van der Waals surface area contributed by atoms with Crippen molar-refractivity contribution in [2.75, 3.05) is 39.8 Å². The summed E-state index contributed by atoms with van der Waals surface area (Å²) in [5.74, 6) is 0.681. The Labute approximate surface area is 118 Å². The molecular formula is C12H20N2O3S2. The van der Waals surface area contributed by atoms with Gasteiger partial charge in [0.1, 0.15) is 9.96 Å². The maximum atomic E-state index is 12.5. The van der Waals surface area contributed by atoms with Crippen molar-refractivity contribution in [2.45, 2.75) is 18.1 Å². The summed E-state index contributed by atoms with van der Waals surface area (Å²) >= 11 is 1.29. The molecule has 0 unspecified atom stereocenters. The third-order valence-corrected chi connectivity index (χ3v) is 6.59. The molecule has 1 aromatic heterocycles. The van der Waals surface area contributed by atoms with Crippen molar-refractivity contribution in [3.05, 3.63) is 10.9 Å². The fourth-order valence-corrected chi connectivity index (χ4v) is 4.97. The van der Waals surface area contributed by atoms with Crippen LogP contribution in [-0.2, 0) is 10.0 Å². The lowest BCUT2D eigenvalue weighted by Crippen LogP contribution is -2.46. The molecule has 19 heavy (non-hydrogen) atoms. The summed E-state index contributed by atoms with van der Waals surface area (Å²) < 4.78 is 32.4. The Morgan fingerprint density at radius 1 is 1.32 bits per heavy atom. The largest absolute Gasteiger partial charge is 0.493 e. The van der Waals surface area contributed by atoms with E-state index in [0.717, 1.165) is 18.0 Å². The first-order valence-electron chi connectivity index (χ1n) is 6.37. The minimum atomic E-state index is -3.36. The average molecular weight is 304 g/mol. The molecular weight excluding hydrogens is 284 g/mol. The van der Waals surface area contributed by atoms with Crippen LogP contribution in [0.1, 0.15) is 11.8 Å². The van der Waals surface area contributed by atoms with Gasteiger partial charge in [-0.05, 0) is 20.9 Å². The van der Waals surface area contributed by atoms with E-state index in [1.165, 1.54) is 11.3 Å². The fourth-order valence-electron chi connectivity index (χ4n) is 2.02. The molecule has 0 aromatic carbocycles. The number of ether oxygens (including phenoxy) is 1.